The molecule has 0 amide bonds. The van der Waals surface area contributed by atoms with Crippen molar-refractivity contribution in [1.29, 1.82) is 5.41 Å². The number of carboxylic acid groups (broad SMARTS) is 2. The number of aliphatic carboxylic acids is 2. The Bertz CT molecular complexity index is 298. The molecular formula is C8H13N3O4. The molecule has 0 aliphatic carbocycles. The number of nitrogens with one attached hydrogen (secondary N) is 2. The fourth-order valence-electron chi connectivity index (χ4n) is 0.851. The van der Waals surface area contributed by atoms with Crippen LogP contribution in [0.25, 0.3) is 0 Å². The van der Waals surface area contributed by atoms with Gasteiger partial charge in [0.2, 0.25) is 0 Å². The molecule has 0 aromatic heterocycles. The van der Waals surface area contributed by atoms with Gasteiger partial charge in [-0.25, -0.2) is 4.79 Å². The Morgan fingerprint density at radius 1 is 1.40 bits per heavy atom. The SMILES string of the molecule is N=C(N)NCC/C=C(/CC(=O)O)C(=O)O. The van der Waals surface area contributed by atoms with Crippen LogP contribution in [0, 0.1) is 5.41 Å². The Morgan fingerprint density at radius 3 is 2.40 bits per heavy atom. The first-order chi connectivity index (χ1) is 6.93. The fraction of sp³-hybridized carbons (Fsp3) is 0.375. The third kappa shape index (κ3) is 7.05. The van der Waals surface area contributed by atoms with E-state index in [1.54, 1.807) is 0 Å². The number of guanidine groups is 1. The van der Waals surface area contributed by atoms with Crippen LogP contribution in [0.2, 0.25) is 0 Å². The van der Waals surface area contributed by atoms with Gasteiger partial charge in [0.15, 0.2) is 5.96 Å². The van der Waals surface area contributed by atoms with E-state index in [2.05, 4.69) is 5.32 Å². The molecule has 7 nitrogen and oxygen atoms in total. The summed E-state index contributed by atoms with van der Waals surface area (Å²) in [6.07, 6.45) is 1.08. The first-order valence-electron chi connectivity index (χ1n) is 4.15. The maximum absolute atomic E-state index is 10.5. The molecule has 0 aliphatic rings. The number of nitrogens with two attached hydrogens (primary N) is 1. The minimum absolute atomic E-state index is 0.173. The van der Waals surface area contributed by atoms with Gasteiger partial charge >= 0.3 is 11.9 Å². The molecule has 0 rings (SSSR count). The predicted molar refractivity (Wildman–Crippen MR) is 52.5 cm³/mol. The van der Waals surface area contributed by atoms with Crippen LogP contribution in [-0.2, 0) is 9.59 Å². The number of hydrogen-bond acceptors (Lipinski definition) is 3. The van der Waals surface area contributed by atoms with E-state index in [4.69, 9.17) is 21.4 Å². The summed E-state index contributed by atoms with van der Waals surface area (Å²) in [6, 6.07) is 0. The van der Waals surface area contributed by atoms with Crippen molar-refractivity contribution in [2.45, 2.75) is 12.8 Å². The van der Waals surface area contributed by atoms with Crippen LogP contribution in [-0.4, -0.2) is 34.7 Å². The Labute approximate surface area is 86.1 Å². The molecular weight excluding hydrogens is 202 g/mol. The minimum Gasteiger partial charge on any atom is -0.481 e. The first-order valence-corrected chi connectivity index (χ1v) is 4.15. The van der Waals surface area contributed by atoms with E-state index in [0.717, 1.165) is 0 Å². The maximum atomic E-state index is 10.5. The molecule has 0 spiro atoms. The van der Waals surface area contributed by atoms with Crippen molar-refractivity contribution in [3.8, 4) is 0 Å². The third-order valence-electron chi connectivity index (χ3n) is 1.47. The van der Waals surface area contributed by atoms with Crippen molar-refractivity contribution in [2.75, 3.05) is 6.54 Å². The number of rotatable bonds is 6. The highest BCUT2D eigenvalue weighted by Crippen LogP contribution is 2.02. The van der Waals surface area contributed by atoms with Gasteiger partial charge in [0.05, 0.1) is 6.42 Å². The van der Waals surface area contributed by atoms with Crippen molar-refractivity contribution in [1.82, 2.24) is 5.32 Å². The summed E-state index contributed by atoms with van der Waals surface area (Å²) in [7, 11) is 0. The second kappa shape index (κ2) is 6.41. The molecule has 0 aromatic carbocycles. The van der Waals surface area contributed by atoms with Gasteiger partial charge in [-0.05, 0) is 6.42 Å². The number of hydrogen-bond donors (Lipinski definition) is 5. The molecule has 7 heteroatoms. The summed E-state index contributed by atoms with van der Waals surface area (Å²) in [5.41, 5.74) is 4.82. The maximum Gasteiger partial charge on any atom is 0.331 e. The van der Waals surface area contributed by atoms with Gasteiger partial charge in [-0.2, -0.15) is 0 Å². The van der Waals surface area contributed by atoms with Crippen molar-refractivity contribution in [3.63, 3.8) is 0 Å². The molecule has 0 unspecified atom stereocenters. The average molecular weight is 215 g/mol. The van der Waals surface area contributed by atoms with Crippen LogP contribution in [0.15, 0.2) is 11.6 Å². The van der Waals surface area contributed by atoms with Gasteiger partial charge in [0.1, 0.15) is 0 Å². The van der Waals surface area contributed by atoms with E-state index in [-0.39, 0.29) is 11.5 Å². The monoisotopic (exact) mass is 215 g/mol. The fourth-order valence-corrected chi connectivity index (χ4v) is 0.851. The number of carboxylic acids is 2. The van der Waals surface area contributed by atoms with E-state index in [1.807, 2.05) is 0 Å². The van der Waals surface area contributed by atoms with E-state index in [0.29, 0.717) is 13.0 Å². The van der Waals surface area contributed by atoms with Gasteiger partial charge in [-0.15, -0.1) is 0 Å². The standard InChI is InChI=1S/C8H13N3O4/c9-8(10)11-3-1-2-5(7(14)15)4-6(12)13/h2H,1,3-4H2,(H,12,13)(H,14,15)(H4,9,10,11)/b5-2-. The van der Waals surface area contributed by atoms with Crippen LogP contribution in [0.5, 0.6) is 0 Å². The summed E-state index contributed by atoms with van der Waals surface area (Å²) < 4.78 is 0. The Morgan fingerprint density at radius 2 is 2.00 bits per heavy atom. The molecule has 0 aromatic rings. The lowest BCUT2D eigenvalue weighted by atomic mass is 10.1. The second-order valence-electron chi connectivity index (χ2n) is 2.73. The highest BCUT2D eigenvalue weighted by atomic mass is 16.4. The van der Waals surface area contributed by atoms with Crippen LogP contribution in [0.1, 0.15) is 12.8 Å². The molecule has 0 fully saturated rings. The zero-order valence-electron chi connectivity index (χ0n) is 7.99. The van der Waals surface area contributed by atoms with Gasteiger partial charge < -0.3 is 21.3 Å². The summed E-state index contributed by atoms with van der Waals surface area (Å²) in [4.78, 5) is 20.8. The van der Waals surface area contributed by atoms with Gasteiger partial charge in [0.25, 0.3) is 0 Å². The molecule has 6 N–H and O–H groups in total. The van der Waals surface area contributed by atoms with Crippen molar-refractivity contribution in [3.05, 3.63) is 11.6 Å². The Hall–Kier alpha value is -2.05. The van der Waals surface area contributed by atoms with Crippen LogP contribution < -0.4 is 11.1 Å². The molecule has 0 heterocycles. The molecule has 0 aliphatic heterocycles. The summed E-state index contributed by atoms with van der Waals surface area (Å²) in [5, 5.41) is 26.3. The van der Waals surface area contributed by atoms with Gasteiger partial charge in [-0.3, -0.25) is 10.2 Å². The molecule has 0 saturated heterocycles. The molecule has 0 radical (unpaired) electrons. The zero-order valence-corrected chi connectivity index (χ0v) is 7.99. The van der Waals surface area contributed by atoms with Crippen molar-refractivity contribution < 1.29 is 19.8 Å². The number of carbonyl (C=O) groups is 2. The summed E-state index contributed by atoms with van der Waals surface area (Å²) in [6.45, 7) is 0.297. The Kier molecular flexibility index (Phi) is 5.53. The lowest BCUT2D eigenvalue weighted by Gasteiger charge is -2.01. The molecule has 0 bridgehead atoms. The highest BCUT2D eigenvalue weighted by Gasteiger charge is 2.10. The highest BCUT2D eigenvalue weighted by molar-refractivity contribution is 5.92. The van der Waals surface area contributed by atoms with Crippen molar-refractivity contribution in [2.24, 2.45) is 5.73 Å². The van der Waals surface area contributed by atoms with Gasteiger partial charge in [0, 0.05) is 12.1 Å². The van der Waals surface area contributed by atoms with E-state index in [9.17, 15) is 9.59 Å². The van der Waals surface area contributed by atoms with E-state index >= 15 is 0 Å². The average Bonchev–Trinajstić information content (AvgIpc) is 2.08. The Balaban J connectivity index is 4.12. The van der Waals surface area contributed by atoms with Crippen LogP contribution in [0.4, 0.5) is 0 Å². The largest absolute Gasteiger partial charge is 0.481 e. The summed E-state index contributed by atoms with van der Waals surface area (Å²) in [5.74, 6) is -2.65. The lowest BCUT2D eigenvalue weighted by Crippen LogP contribution is -2.30. The minimum atomic E-state index is -1.25. The zero-order chi connectivity index (χ0) is 11.8. The topological polar surface area (TPSA) is 136 Å². The molecule has 84 valence electrons. The smallest absolute Gasteiger partial charge is 0.331 e. The van der Waals surface area contributed by atoms with Gasteiger partial charge in [-0.1, -0.05) is 6.08 Å². The quantitative estimate of drug-likeness (QED) is 0.173. The molecule has 0 saturated carbocycles. The normalized spacial score (nSPS) is 10.8. The van der Waals surface area contributed by atoms with E-state index < -0.39 is 18.4 Å². The molecule has 15 heavy (non-hydrogen) atoms. The van der Waals surface area contributed by atoms with E-state index in [1.165, 1.54) is 6.08 Å². The predicted octanol–water partition coefficient (Wildman–Crippen LogP) is -0.655. The lowest BCUT2D eigenvalue weighted by molar-refractivity contribution is -0.139. The first kappa shape index (κ1) is 12.9. The summed E-state index contributed by atoms with van der Waals surface area (Å²) >= 11 is 0. The third-order valence-corrected chi connectivity index (χ3v) is 1.47. The van der Waals surface area contributed by atoms with Crippen molar-refractivity contribution >= 4 is 17.9 Å². The molecule has 0 atom stereocenters. The van der Waals surface area contributed by atoms with Crippen LogP contribution >= 0.6 is 0 Å². The second-order valence-corrected chi connectivity index (χ2v) is 2.73. The van der Waals surface area contributed by atoms with Crippen LogP contribution in [0.3, 0.4) is 0 Å².